The smallest absolute Gasteiger partial charge is 0.339 e. The molecule has 10 nitrogen and oxygen atoms in total. The minimum atomic E-state index is -3.17. The van der Waals surface area contributed by atoms with Gasteiger partial charge >= 0.3 is 11.7 Å². The summed E-state index contributed by atoms with van der Waals surface area (Å²) in [7, 11) is -1.91. The zero-order valence-corrected chi connectivity index (χ0v) is 16.6. The molecule has 0 radical (unpaired) electrons. The molecule has 0 aromatic heterocycles. The summed E-state index contributed by atoms with van der Waals surface area (Å²) in [6.45, 7) is 3.36. The third kappa shape index (κ3) is 4.77. The Hall–Kier alpha value is -2.69. The van der Waals surface area contributed by atoms with Crippen molar-refractivity contribution in [2.45, 2.75) is 32.4 Å². The highest BCUT2D eigenvalue weighted by Crippen LogP contribution is 2.28. The van der Waals surface area contributed by atoms with Crippen LogP contribution in [0.5, 0.6) is 5.75 Å². The summed E-state index contributed by atoms with van der Waals surface area (Å²) in [6.07, 6.45) is -0.829. The highest BCUT2D eigenvalue weighted by molar-refractivity contribution is 7.91. The number of carbonyl (C=O) groups is 2. The fraction of sp³-hybridized carbons (Fsp3) is 0.529. The molecule has 28 heavy (non-hydrogen) atoms. The van der Waals surface area contributed by atoms with E-state index in [1.165, 1.54) is 31.1 Å². The van der Waals surface area contributed by atoms with Crippen LogP contribution in [0.1, 0.15) is 30.6 Å². The summed E-state index contributed by atoms with van der Waals surface area (Å²) in [6, 6.07) is 3.13. The first-order valence-corrected chi connectivity index (χ1v) is 10.5. The van der Waals surface area contributed by atoms with Gasteiger partial charge in [-0.15, -0.1) is 0 Å². The lowest BCUT2D eigenvalue weighted by molar-refractivity contribution is -0.385. The number of nitro benzene ring substituents is 1. The highest BCUT2D eigenvalue weighted by Gasteiger charge is 2.36. The maximum atomic E-state index is 12.6. The van der Waals surface area contributed by atoms with Crippen LogP contribution in [0.15, 0.2) is 18.2 Å². The third-order valence-corrected chi connectivity index (χ3v) is 6.27. The van der Waals surface area contributed by atoms with Gasteiger partial charge in [0.15, 0.2) is 21.7 Å². The van der Waals surface area contributed by atoms with Gasteiger partial charge in [-0.2, -0.15) is 0 Å². The topological polar surface area (TPSA) is 133 Å². The first kappa shape index (κ1) is 21.6. The Balaban J connectivity index is 2.11. The molecule has 2 atom stereocenters. The molecule has 0 saturated carbocycles. The zero-order chi connectivity index (χ0) is 21.1. The van der Waals surface area contributed by atoms with Crippen LogP contribution in [0.25, 0.3) is 0 Å². The number of nitrogens with zero attached hydrogens (tertiary/aromatic N) is 2. The average Bonchev–Trinajstić information content (AvgIpc) is 3.00. The molecule has 0 aliphatic carbocycles. The van der Waals surface area contributed by atoms with Crippen molar-refractivity contribution in [2.24, 2.45) is 0 Å². The third-order valence-electron chi connectivity index (χ3n) is 4.52. The Kier molecular flexibility index (Phi) is 6.60. The molecule has 11 heteroatoms. The number of rotatable bonds is 7. The van der Waals surface area contributed by atoms with E-state index >= 15 is 0 Å². The molecular formula is C17H22N2O8S. The molecule has 0 N–H and O–H groups in total. The Bertz CT molecular complexity index is 883. The van der Waals surface area contributed by atoms with Crippen molar-refractivity contribution >= 4 is 27.4 Å². The lowest BCUT2D eigenvalue weighted by Crippen LogP contribution is -2.46. The van der Waals surface area contributed by atoms with Crippen molar-refractivity contribution in [3.63, 3.8) is 0 Å². The number of likely N-dealkylation sites (N-methyl/N-ethyl adjacent to an activating group) is 1. The second-order valence-electron chi connectivity index (χ2n) is 6.37. The number of sulfone groups is 1. The molecule has 0 bridgehead atoms. The van der Waals surface area contributed by atoms with Gasteiger partial charge in [0.05, 0.1) is 29.1 Å². The molecule has 1 saturated heterocycles. The van der Waals surface area contributed by atoms with Gasteiger partial charge in [0.25, 0.3) is 5.91 Å². The van der Waals surface area contributed by atoms with Crippen LogP contribution in [0.2, 0.25) is 0 Å². The molecule has 2 rings (SSSR count). The molecule has 0 spiro atoms. The van der Waals surface area contributed by atoms with Crippen LogP contribution in [0.4, 0.5) is 5.69 Å². The van der Waals surface area contributed by atoms with Crippen LogP contribution < -0.4 is 4.74 Å². The van der Waals surface area contributed by atoms with Crippen LogP contribution in [0.3, 0.4) is 0 Å². The fourth-order valence-electron chi connectivity index (χ4n) is 3.09. The predicted octanol–water partition coefficient (Wildman–Crippen LogP) is 1.18. The van der Waals surface area contributed by atoms with E-state index in [-0.39, 0.29) is 29.4 Å². The van der Waals surface area contributed by atoms with Gasteiger partial charge in [0.1, 0.15) is 0 Å². The molecule has 1 fully saturated rings. The quantitative estimate of drug-likeness (QED) is 0.369. The lowest BCUT2D eigenvalue weighted by atomic mass is 10.1. The van der Waals surface area contributed by atoms with Gasteiger partial charge in [-0.3, -0.25) is 14.9 Å². The number of amides is 1. The molecule has 1 aromatic rings. The van der Waals surface area contributed by atoms with Gasteiger partial charge in [-0.25, -0.2) is 13.2 Å². The number of esters is 1. The average molecular weight is 414 g/mol. The van der Waals surface area contributed by atoms with Crippen LogP contribution in [-0.4, -0.2) is 67.4 Å². The van der Waals surface area contributed by atoms with Crippen molar-refractivity contribution in [1.82, 2.24) is 4.90 Å². The van der Waals surface area contributed by atoms with E-state index in [2.05, 4.69) is 0 Å². The molecule has 0 unspecified atom stereocenters. The number of hydrogen-bond acceptors (Lipinski definition) is 8. The predicted molar refractivity (Wildman–Crippen MR) is 99.0 cm³/mol. The Morgan fingerprint density at radius 1 is 1.39 bits per heavy atom. The molecule has 154 valence electrons. The molecule has 1 aromatic carbocycles. The molecule has 1 aliphatic heterocycles. The van der Waals surface area contributed by atoms with Gasteiger partial charge in [0, 0.05) is 18.7 Å². The molecule has 1 amide bonds. The van der Waals surface area contributed by atoms with Crippen LogP contribution in [-0.2, 0) is 19.4 Å². The van der Waals surface area contributed by atoms with E-state index in [0.717, 1.165) is 6.07 Å². The van der Waals surface area contributed by atoms with Gasteiger partial charge in [-0.1, -0.05) is 0 Å². The monoisotopic (exact) mass is 414 g/mol. The van der Waals surface area contributed by atoms with Crippen LogP contribution in [0, 0.1) is 10.1 Å². The van der Waals surface area contributed by atoms with E-state index in [9.17, 15) is 28.1 Å². The Labute approximate surface area is 162 Å². The molecule has 1 heterocycles. The van der Waals surface area contributed by atoms with Crippen molar-refractivity contribution in [2.75, 3.05) is 25.2 Å². The maximum absolute atomic E-state index is 12.6. The lowest BCUT2D eigenvalue weighted by Gasteiger charge is -2.29. The highest BCUT2D eigenvalue weighted by atomic mass is 32.2. The summed E-state index contributed by atoms with van der Waals surface area (Å²) >= 11 is 0. The Morgan fingerprint density at radius 3 is 2.57 bits per heavy atom. The maximum Gasteiger partial charge on any atom is 0.339 e. The van der Waals surface area contributed by atoms with E-state index in [0.29, 0.717) is 6.42 Å². The van der Waals surface area contributed by atoms with Crippen molar-refractivity contribution in [3.05, 3.63) is 33.9 Å². The zero-order valence-electron chi connectivity index (χ0n) is 15.8. The van der Waals surface area contributed by atoms with E-state index in [4.69, 9.17) is 9.47 Å². The fourth-order valence-corrected chi connectivity index (χ4v) is 4.82. The van der Waals surface area contributed by atoms with E-state index in [1.807, 2.05) is 0 Å². The summed E-state index contributed by atoms with van der Waals surface area (Å²) in [5.74, 6) is -1.52. The number of benzene rings is 1. The summed E-state index contributed by atoms with van der Waals surface area (Å²) < 4.78 is 33.4. The minimum Gasteiger partial charge on any atom is -0.490 e. The second-order valence-corrected chi connectivity index (χ2v) is 8.60. The standard InChI is InChI=1S/C17H22N2O8S/c1-4-18(13-7-8-28(24,25)10-13)16(20)11(2)27-17(21)12-5-6-15(26-3)14(9-12)19(22)23/h5-6,9,11,13H,4,7-8,10H2,1-3H3/t11-,13-/m1/s1. The van der Waals surface area contributed by atoms with Crippen molar-refractivity contribution in [1.29, 1.82) is 0 Å². The van der Waals surface area contributed by atoms with Crippen LogP contribution >= 0.6 is 0 Å². The first-order valence-electron chi connectivity index (χ1n) is 8.64. The van der Waals surface area contributed by atoms with Gasteiger partial charge in [0.2, 0.25) is 0 Å². The number of carbonyl (C=O) groups excluding carboxylic acids is 2. The second kappa shape index (κ2) is 8.55. The molecular weight excluding hydrogens is 392 g/mol. The number of hydrogen-bond donors (Lipinski definition) is 0. The minimum absolute atomic E-state index is 0.00900. The summed E-state index contributed by atoms with van der Waals surface area (Å²) in [4.78, 5) is 36.7. The Morgan fingerprint density at radius 2 is 2.07 bits per heavy atom. The van der Waals surface area contributed by atoms with E-state index < -0.39 is 44.5 Å². The van der Waals surface area contributed by atoms with Gasteiger partial charge in [-0.05, 0) is 32.4 Å². The summed E-state index contributed by atoms with van der Waals surface area (Å²) in [5.41, 5.74) is -0.499. The molecule has 1 aliphatic rings. The first-order chi connectivity index (χ1) is 13.1. The normalized spacial score (nSPS) is 18.9. The van der Waals surface area contributed by atoms with Crippen molar-refractivity contribution < 1.29 is 32.4 Å². The number of nitro groups is 1. The number of methoxy groups -OCH3 is 1. The SMILES string of the molecule is CCN(C(=O)[C@@H](C)OC(=O)c1ccc(OC)c([N+](=O)[O-])c1)[C@@H]1CCS(=O)(=O)C1. The largest absolute Gasteiger partial charge is 0.490 e. The van der Waals surface area contributed by atoms with Gasteiger partial charge < -0.3 is 14.4 Å². The summed E-state index contributed by atoms with van der Waals surface area (Å²) in [5, 5.41) is 11.1. The van der Waals surface area contributed by atoms with E-state index in [1.54, 1.807) is 6.92 Å². The van der Waals surface area contributed by atoms with Crippen molar-refractivity contribution in [3.8, 4) is 5.75 Å². The number of ether oxygens (including phenoxy) is 2.